The van der Waals surface area contributed by atoms with Gasteiger partial charge in [-0.2, -0.15) is 5.10 Å². The molecule has 0 spiro atoms. The molecular formula is C22H19BrF2N6O5. The molecule has 0 aliphatic rings. The molecule has 36 heavy (non-hydrogen) atoms. The van der Waals surface area contributed by atoms with Gasteiger partial charge in [0, 0.05) is 0 Å². The number of H-pyrrole nitrogens is 2. The van der Waals surface area contributed by atoms with Gasteiger partial charge in [0.05, 0.1) is 13.1 Å². The van der Waals surface area contributed by atoms with Crippen molar-refractivity contribution in [2.45, 2.75) is 25.9 Å². The van der Waals surface area contributed by atoms with Crippen molar-refractivity contribution < 1.29 is 13.9 Å². The Kier molecular flexibility index (Phi) is 8.78. The number of rotatable bonds is 6. The first-order chi connectivity index (χ1) is 17.1. The molecule has 0 saturated heterocycles. The minimum absolute atomic E-state index is 0.0429. The molecule has 0 atom stereocenters. The van der Waals surface area contributed by atoms with E-state index in [1.165, 1.54) is 24.3 Å². The normalized spacial score (nSPS) is 10.5. The van der Waals surface area contributed by atoms with E-state index in [0.717, 1.165) is 14.9 Å². The summed E-state index contributed by atoms with van der Waals surface area (Å²) in [4.78, 5) is 48.8. The van der Waals surface area contributed by atoms with Gasteiger partial charge in [-0.3, -0.25) is 19.6 Å². The highest BCUT2D eigenvalue weighted by molar-refractivity contribution is 9.10. The summed E-state index contributed by atoms with van der Waals surface area (Å²) in [7, 11) is 0. The second-order valence-corrected chi connectivity index (χ2v) is 8.09. The van der Waals surface area contributed by atoms with E-state index in [0.29, 0.717) is 18.4 Å². The lowest BCUT2D eigenvalue weighted by Gasteiger charge is -2.04. The predicted molar refractivity (Wildman–Crippen MR) is 128 cm³/mol. The minimum atomic E-state index is -0.929. The fraction of sp³-hybridized carbons (Fsp3) is 0.182. The zero-order chi connectivity index (χ0) is 26.2. The Balaban J connectivity index is 0.000000201. The third-order valence-electron chi connectivity index (χ3n) is 4.73. The standard InChI is InChI=1S/C11H9BrFN3O2.C11H10FN3O3/c12-9-10(17)14-11(18)16(15-9)5-4-7-2-1-3-8(13)6-7;12-8-3-1-2-7(6-8)4-5-15-11(18)13-9(16)10(17)14-15/h1-3,6H,4-5H2,(H,14,17,18);1-3,6H,4-5H2,(H,14,17)(H,13,16,18). The zero-order valence-electron chi connectivity index (χ0n) is 18.5. The molecule has 2 aromatic carbocycles. The van der Waals surface area contributed by atoms with Crippen LogP contribution >= 0.6 is 15.9 Å². The Labute approximate surface area is 208 Å². The molecule has 4 rings (SSSR count). The van der Waals surface area contributed by atoms with Crippen LogP contribution in [0, 0.1) is 11.6 Å². The van der Waals surface area contributed by atoms with E-state index in [4.69, 9.17) is 5.11 Å². The van der Waals surface area contributed by atoms with Gasteiger partial charge in [-0.1, -0.05) is 24.3 Å². The highest BCUT2D eigenvalue weighted by atomic mass is 79.9. The van der Waals surface area contributed by atoms with Gasteiger partial charge in [0.15, 0.2) is 4.60 Å². The van der Waals surface area contributed by atoms with Crippen molar-refractivity contribution in [1.29, 1.82) is 0 Å². The summed E-state index contributed by atoms with van der Waals surface area (Å²) in [5.41, 5.74) is -1.35. The highest BCUT2D eigenvalue weighted by Gasteiger charge is 2.06. The molecule has 4 aromatic rings. The van der Waals surface area contributed by atoms with E-state index in [1.807, 2.05) is 4.98 Å². The number of aryl methyl sites for hydroxylation is 4. The fourth-order valence-corrected chi connectivity index (χ4v) is 3.28. The molecule has 0 saturated carbocycles. The van der Waals surface area contributed by atoms with Crippen molar-refractivity contribution >= 4 is 15.9 Å². The molecule has 2 aromatic heterocycles. The number of hydrogen-bond donors (Lipinski definition) is 3. The Morgan fingerprint density at radius 1 is 0.778 bits per heavy atom. The summed E-state index contributed by atoms with van der Waals surface area (Å²) < 4.78 is 28.0. The lowest BCUT2D eigenvalue weighted by atomic mass is 10.1. The van der Waals surface area contributed by atoms with Crippen molar-refractivity contribution in [3.63, 3.8) is 0 Å². The smallest absolute Gasteiger partial charge is 0.344 e. The quantitative estimate of drug-likeness (QED) is 0.316. The van der Waals surface area contributed by atoms with E-state index < -0.39 is 28.4 Å². The maximum absolute atomic E-state index is 13.0. The first kappa shape index (κ1) is 26.4. The van der Waals surface area contributed by atoms with Crippen LogP contribution in [0.5, 0.6) is 5.88 Å². The van der Waals surface area contributed by atoms with Gasteiger partial charge < -0.3 is 5.11 Å². The Morgan fingerprint density at radius 2 is 1.25 bits per heavy atom. The molecule has 14 heteroatoms. The van der Waals surface area contributed by atoms with Crippen molar-refractivity contribution in [3.05, 3.63) is 118 Å². The molecular weight excluding hydrogens is 546 g/mol. The summed E-state index contributed by atoms with van der Waals surface area (Å²) in [5, 5.41) is 16.3. The van der Waals surface area contributed by atoms with E-state index in [9.17, 15) is 28.0 Å². The molecule has 0 unspecified atom stereocenters. The number of nitrogens with zero attached hydrogens (tertiary/aromatic N) is 4. The summed E-state index contributed by atoms with van der Waals surface area (Å²) >= 11 is 2.94. The van der Waals surface area contributed by atoms with Crippen LogP contribution in [0.15, 0.2) is 72.3 Å². The van der Waals surface area contributed by atoms with Crippen LogP contribution in [0.25, 0.3) is 0 Å². The number of aromatic hydroxyl groups is 1. The topological polar surface area (TPSA) is 156 Å². The van der Waals surface area contributed by atoms with Crippen molar-refractivity contribution in [3.8, 4) is 5.88 Å². The second kappa shape index (κ2) is 12.0. The third kappa shape index (κ3) is 7.40. The van der Waals surface area contributed by atoms with Gasteiger partial charge in [-0.05, 0) is 64.2 Å². The predicted octanol–water partition coefficient (Wildman–Crippen LogP) is 1.09. The third-order valence-corrected chi connectivity index (χ3v) is 5.25. The first-order valence-corrected chi connectivity index (χ1v) is 11.2. The molecule has 2 heterocycles. The number of nitrogens with one attached hydrogen (secondary N) is 2. The van der Waals surface area contributed by atoms with Gasteiger partial charge in [0.25, 0.3) is 11.4 Å². The number of hydrogen-bond acceptors (Lipinski definition) is 7. The van der Waals surface area contributed by atoms with Crippen LogP contribution in [-0.4, -0.2) is 34.6 Å². The summed E-state index contributed by atoms with van der Waals surface area (Å²) in [5.74, 6) is -1.46. The Morgan fingerprint density at radius 3 is 1.75 bits per heavy atom. The molecule has 0 bridgehead atoms. The lowest BCUT2D eigenvalue weighted by molar-refractivity contribution is 0.402. The SMILES string of the molecule is O=c1[nH]c(=O)n(CCc2cccc(F)c2)nc1Br.O=c1[nH]c(=O)n(CCc2cccc(F)c2)nc1O. The van der Waals surface area contributed by atoms with Gasteiger partial charge in [0.2, 0.25) is 0 Å². The molecule has 0 aliphatic heterocycles. The highest BCUT2D eigenvalue weighted by Crippen LogP contribution is 2.06. The fourth-order valence-electron chi connectivity index (χ4n) is 2.99. The molecule has 11 nitrogen and oxygen atoms in total. The van der Waals surface area contributed by atoms with E-state index in [-0.39, 0.29) is 29.3 Å². The van der Waals surface area contributed by atoms with E-state index in [1.54, 1.807) is 24.3 Å². The Hall–Kier alpha value is -4.20. The second-order valence-electron chi connectivity index (χ2n) is 7.34. The molecule has 0 aliphatic carbocycles. The van der Waals surface area contributed by atoms with Crippen molar-refractivity contribution in [2.24, 2.45) is 0 Å². The van der Waals surface area contributed by atoms with Gasteiger partial charge in [-0.15, -0.1) is 5.10 Å². The molecule has 0 amide bonds. The number of aromatic amines is 2. The van der Waals surface area contributed by atoms with Crippen LogP contribution in [0.4, 0.5) is 8.78 Å². The number of aromatic nitrogens is 6. The zero-order valence-corrected chi connectivity index (χ0v) is 20.0. The van der Waals surface area contributed by atoms with Crippen LogP contribution < -0.4 is 22.5 Å². The summed E-state index contributed by atoms with van der Waals surface area (Å²) in [6, 6.07) is 12.0. The molecule has 0 fully saturated rings. The molecule has 0 radical (unpaired) electrons. The largest absolute Gasteiger partial charge is 0.488 e. The average molecular weight is 565 g/mol. The molecule has 3 N–H and O–H groups in total. The van der Waals surface area contributed by atoms with Crippen LogP contribution in [0.2, 0.25) is 0 Å². The minimum Gasteiger partial charge on any atom is -0.488 e. The number of halogens is 3. The van der Waals surface area contributed by atoms with Crippen LogP contribution in [0.3, 0.4) is 0 Å². The van der Waals surface area contributed by atoms with Gasteiger partial charge in [0.1, 0.15) is 11.6 Å². The summed E-state index contributed by atoms with van der Waals surface area (Å²) in [6.07, 6.45) is 0.805. The lowest BCUT2D eigenvalue weighted by Crippen LogP contribution is -2.33. The average Bonchev–Trinajstić information content (AvgIpc) is 2.82. The molecule has 188 valence electrons. The maximum Gasteiger partial charge on any atom is 0.344 e. The number of benzene rings is 2. The van der Waals surface area contributed by atoms with E-state index >= 15 is 0 Å². The van der Waals surface area contributed by atoms with Crippen molar-refractivity contribution in [2.75, 3.05) is 0 Å². The van der Waals surface area contributed by atoms with Crippen molar-refractivity contribution in [1.82, 2.24) is 29.5 Å². The monoisotopic (exact) mass is 564 g/mol. The van der Waals surface area contributed by atoms with Crippen LogP contribution in [-0.2, 0) is 25.9 Å². The first-order valence-electron chi connectivity index (χ1n) is 10.4. The Bertz CT molecular complexity index is 1480. The van der Waals surface area contributed by atoms with Gasteiger partial charge in [-0.25, -0.2) is 27.7 Å². The van der Waals surface area contributed by atoms with Crippen LogP contribution in [0.1, 0.15) is 11.1 Å². The van der Waals surface area contributed by atoms with E-state index in [2.05, 4.69) is 31.1 Å². The van der Waals surface area contributed by atoms with Gasteiger partial charge >= 0.3 is 16.9 Å². The summed E-state index contributed by atoms with van der Waals surface area (Å²) in [6.45, 7) is 0.393. The maximum atomic E-state index is 13.0.